The SMILES string of the molecule is O=C1CCC(C(=O)n2ccnc2)N1. The van der Waals surface area contributed by atoms with Gasteiger partial charge in [-0.05, 0) is 6.42 Å². The number of imidazole rings is 1. The van der Waals surface area contributed by atoms with Crippen molar-refractivity contribution in [3.8, 4) is 0 Å². The van der Waals surface area contributed by atoms with E-state index in [1.165, 1.54) is 17.1 Å². The van der Waals surface area contributed by atoms with Gasteiger partial charge in [-0.2, -0.15) is 0 Å². The summed E-state index contributed by atoms with van der Waals surface area (Å²) in [6.07, 6.45) is 5.56. The largest absolute Gasteiger partial charge is 0.344 e. The summed E-state index contributed by atoms with van der Waals surface area (Å²) in [4.78, 5) is 26.2. The van der Waals surface area contributed by atoms with Gasteiger partial charge in [-0.3, -0.25) is 14.2 Å². The molecule has 0 bridgehead atoms. The van der Waals surface area contributed by atoms with Gasteiger partial charge in [-0.1, -0.05) is 0 Å². The van der Waals surface area contributed by atoms with Crippen LogP contribution < -0.4 is 5.32 Å². The molecule has 0 aromatic carbocycles. The first-order valence-electron chi connectivity index (χ1n) is 4.09. The minimum Gasteiger partial charge on any atom is -0.344 e. The fourth-order valence-corrected chi connectivity index (χ4v) is 1.37. The van der Waals surface area contributed by atoms with Crippen molar-refractivity contribution >= 4 is 11.8 Å². The van der Waals surface area contributed by atoms with E-state index in [4.69, 9.17) is 0 Å². The van der Waals surface area contributed by atoms with Crippen molar-refractivity contribution in [1.29, 1.82) is 0 Å². The highest BCUT2D eigenvalue weighted by molar-refractivity contribution is 5.91. The molecule has 1 aromatic rings. The Balaban J connectivity index is 2.10. The Morgan fingerprint density at radius 2 is 2.54 bits per heavy atom. The maximum atomic E-state index is 11.6. The third-order valence-corrected chi connectivity index (χ3v) is 2.05. The second-order valence-corrected chi connectivity index (χ2v) is 2.97. The molecule has 2 rings (SSSR count). The Hall–Kier alpha value is -1.65. The predicted octanol–water partition coefficient (Wildman–Crippen LogP) is -0.198. The Kier molecular flexibility index (Phi) is 1.84. The van der Waals surface area contributed by atoms with Gasteiger partial charge in [0.25, 0.3) is 5.91 Å². The summed E-state index contributed by atoms with van der Waals surface area (Å²) in [5.41, 5.74) is 0. The molecule has 5 heteroatoms. The molecular formula is C8H9N3O2. The smallest absolute Gasteiger partial charge is 0.254 e. The maximum absolute atomic E-state index is 11.6. The van der Waals surface area contributed by atoms with Gasteiger partial charge in [0.15, 0.2) is 0 Å². The zero-order valence-electron chi connectivity index (χ0n) is 6.93. The van der Waals surface area contributed by atoms with Crippen molar-refractivity contribution in [3.63, 3.8) is 0 Å². The summed E-state index contributed by atoms with van der Waals surface area (Å²) in [5, 5.41) is 2.60. The van der Waals surface area contributed by atoms with Gasteiger partial charge in [0, 0.05) is 18.8 Å². The summed E-state index contributed by atoms with van der Waals surface area (Å²) < 4.78 is 1.39. The van der Waals surface area contributed by atoms with Crippen LogP contribution in [0.15, 0.2) is 18.7 Å². The highest BCUT2D eigenvalue weighted by Gasteiger charge is 2.27. The van der Waals surface area contributed by atoms with Crippen LogP contribution in [0, 0.1) is 0 Å². The number of hydrogen-bond acceptors (Lipinski definition) is 3. The Morgan fingerprint density at radius 1 is 1.69 bits per heavy atom. The molecule has 1 saturated heterocycles. The van der Waals surface area contributed by atoms with Crippen molar-refractivity contribution in [2.75, 3.05) is 0 Å². The van der Waals surface area contributed by atoms with Crippen LogP contribution in [0.3, 0.4) is 0 Å². The molecule has 13 heavy (non-hydrogen) atoms. The molecule has 1 aliphatic heterocycles. The first kappa shape index (κ1) is 7.97. The average Bonchev–Trinajstić information content (AvgIpc) is 2.72. The zero-order valence-corrected chi connectivity index (χ0v) is 6.93. The molecule has 1 aromatic heterocycles. The number of rotatable bonds is 1. The molecule has 0 spiro atoms. The topological polar surface area (TPSA) is 64.0 Å². The van der Waals surface area contributed by atoms with Gasteiger partial charge in [-0.15, -0.1) is 0 Å². The van der Waals surface area contributed by atoms with Gasteiger partial charge < -0.3 is 5.32 Å². The molecule has 0 radical (unpaired) electrons. The maximum Gasteiger partial charge on any atom is 0.254 e. The van der Waals surface area contributed by atoms with Crippen LogP contribution >= 0.6 is 0 Å². The van der Waals surface area contributed by atoms with E-state index in [1.54, 1.807) is 6.20 Å². The Morgan fingerprint density at radius 3 is 3.08 bits per heavy atom. The third kappa shape index (κ3) is 1.44. The van der Waals surface area contributed by atoms with Crippen LogP contribution in [0.25, 0.3) is 0 Å². The highest BCUT2D eigenvalue weighted by Crippen LogP contribution is 2.08. The predicted molar refractivity (Wildman–Crippen MR) is 44.0 cm³/mol. The van der Waals surface area contributed by atoms with Gasteiger partial charge in [0.2, 0.25) is 5.91 Å². The van der Waals surface area contributed by atoms with E-state index in [0.717, 1.165) is 0 Å². The summed E-state index contributed by atoms with van der Waals surface area (Å²) in [6, 6.07) is -0.373. The fourth-order valence-electron chi connectivity index (χ4n) is 1.37. The second-order valence-electron chi connectivity index (χ2n) is 2.97. The summed E-state index contributed by atoms with van der Waals surface area (Å²) in [7, 11) is 0. The van der Waals surface area contributed by atoms with Crippen LogP contribution in [0.2, 0.25) is 0 Å². The van der Waals surface area contributed by atoms with E-state index < -0.39 is 0 Å². The molecule has 1 unspecified atom stereocenters. The lowest BCUT2D eigenvalue weighted by Crippen LogP contribution is -2.36. The number of nitrogens with zero attached hydrogens (tertiary/aromatic N) is 2. The first-order valence-corrected chi connectivity index (χ1v) is 4.09. The Labute approximate surface area is 74.8 Å². The van der Waals surface area contributed by atoms with E-state index in [9.17, 15) is 9.59 Å². The summed E-state index contributed by atoms with van der Waals surface area (Å²) in [5.74, 6) is -0.179. The molecule has 0 aliphatic carbocycles. The highest BCUT2D eigenvalue weighted by atomic mass is 16.2. The van der Waals surface area contributed by atoms with Crippen LogP contribution in [-0.4, -0.2) is 27.4 Å². The van der Waals surface area contributed by atoms with E-state index in [0.29, 0.717) is 12.8 Å². The molecule has 1 N–H and O–H groups in total. The molecule has 5 nitrogen and oxygen atoms in total. The molecular weight excluding hydrogens is 170 g/mol. The number of nitrogens with one attached hydrogen (secondary N) is 1. The van der Waals surface area contributed by atoms with E-state index in [-0.39, 0.29) is 17.9 Å². The standard InChI is InChI=1S/C8H9N3O2/c12-7-2-1-6(10-7)8(13)11-4-3-9-5-11/h3-6H,1-2H2,(H,10,12). The van der Waals surface area contributed by atoms with E-state index in [2.05, 4.69) is 10.3 Å². The van der Waals surface area contributed by atoms with Gasteiger partial charge in [-0.25, -0.2) is 4.98 Å². The van der Waals surface area contributed by atoms with Gasteiger partial charge in [0.05, 0.1) is 0 Å². The molecule has 2 heterocycles. The second kappa shape index (κ2) is 3.01. The summed E-state index contributed by atoms with van der Waals surface area (Å²) in [6.45, 7) is 0. The lowest BCUT2D eigenvalue weighted by molar-refractivity contribution is -0.119. The van der Waals surface area contributed by atoms with Crippen molar-refractivity contribution in [2.45, 2.75) is 18.9 Å². The fraction of sp³-hybridized carbons (Fsp3) is 0.375. The third-order valence-electron chi connectivity index (χ3n) is 2.05. The van der Waals surface area contributed by atoms with E-state index >= 15 is 0 Å². The van der Waals surface area contributed by atoms with Crippen molar-refractivity contribution in [3.05, 3.63) is 18.7 Å². The molecule has 0 saturated carbocycles. The average molecular weight is 179 g/mol. The first-order chi connectivity index (χ1) is 6.27. The van der Waals surface area contributed by atoms with Crippen LogP contribution in [0.5, 0.6) is 0 Å². The Bertz CT molecular complexity index is 331. The normalized spacial score (nSPS) is 21.5. The van der Waals surface area contributed by atoms with Crippen LogP contribution in [0.1, 0.15) is 17.6 Å². The summed E-state index contributed by atoms with van der Waals surface area (Å²) >= 11 is 0. The number of aromatic nitrogens is 2. The van der Waals surface area contributed by atoms with Crippen molar-refractivity contribution in [2.24, 2.45) is 0 Å². The number of carbonyl (C=O) groups excluding carboxylic acids is 2. The molecule has 1 amide bonds. The van der Waals surface area contributed by atoms with Crippen LogP contribution in [-0.2, 0) is 4.79 Å². The van der Waals surface area contributed by atoms with Crippen LogP contribution in [0.4, 0.5) is 0 Å². The quantitative estimate of drug-likeness (QED) is 0.649. The van der Waals surface area contributed by atoms with Crippen molar-refractivity contribution in [1.82, 2.24) is 14.9 Å². The van der Waals surface area contributed by atoms with Gasteiger partial charge >= 0.3 is 0 Å². The number of amides is 1. The number of hydrogen-bond donors (Lipinski definition) is 1. The number of carbonyl (C=O) groups is 2. The molecule has 1 aliphatic rings. The van der Waals surface area contributed by atoms with Crippen molar-refractivity contribution < 1.29 is 9.59 Å². The van der Waals surface area contributed by atoms with E-state index in [1.807, 2.05) is 0 Å². The lowest BCUT2D eigenvalue weighted by atomic mass is 10.2. The minimum absolute atomic E-state index is 0.0570. The molecule has 1 atom stereocenters. The monoisotopic (exact) mass is 179 g/mol. The zero-order chi connectivity index (χ0) is 9.26. The minimum atomic E-state index is -0.373. The lowest BCUT2D eigenvalue weighted by Gasteiger charge is -2.07. The van der Waals surface area contributed by atoms with Gasteiger partial charge in [0.1, 0.15) is 12.4 Å². The molecule has 68 valence electrons. The molecule has 1 fully saturated rings.